The third-order valence-corrected chi connectivity index (χ3v) is 1.99. The molecular formula is C12H14FN3O. The van der Waals surface area contributed by atoms with E-state index in [9.17, 15) is 9.18 Å². The van der Waals surface area contributed by atoms with E-state index >= 15 is 0 Å². The number of nitrogens with zero attached hydrogens (tertiary/aromatic N) is 1. The maximum absolute atomic E-state index is 12.8. The lowest BCUT2D eigenvalue weighted by Gasteiger charge is -2.10. The van der Waals surface area contributed by atoms with Crippen LogP contribution in [-0.4, -0.2) is 18.5 Å². The fourth-order valence-corrected chi connectivity index (χ4v) is 1.31. The predicted molar refractivity (Wildman–Crippen MR) is 62.9 cm³/mol. The molecule has 0 bridgehead atoms. The molecule has 1 amide bonds. The predicted octanol–water partition coefficient (Wildman–Crippen LogP) is 1.63. The van der Waals surface area contributed by atoms with E-state index in [1.807, 2.05) is 19.9 Å². The second-order valence-electron chi connectivity index (χ2n) is 3.88. The van der Waals surface area contributed by atoms with Gasteiger partial charge >= 0.3 is 0 Å². The first kappa shape index (κ1) is 13.0. The molecule has 0 atom stereocenters. The molecule has 0 fully saturated rings. The van der Waals surface area contributed by atoms with Crippen molar-refractivity contribution in [2.45, 2.75) is 19.9 Å². The number of benzene rings is 1. The molecule has 5 heteroatoms. The Morgan fingerprint density at radius 1 is 1.53 bits per heavy atom. The van der Waals surface area contributed by atoms with Crippen molar-refractivity contribution in [2.24, 2.45) is 0 Å². The molecule has 0 saturated heterocycles. The van der Waals surface area contributed by atoms with E-state index in [4.69, 9.17) is 5.26 Å². The van der Waals surface area contributed by atoms with Crippen molar-refractivity contribution < 1.29 is 9.18 Å². The summed E-state index contributed by atoms with van der Waals surface area (Å²) < 4.78 is 12.8. The third kappa shape index (κ3) is 4.11. The SMILES string of the molecule is CC(C)NC(=O)CNc1ccc(F)cc1C#N. The van der Waals surface area contributed by atoms with Gasteiger partial charge in [-0.2, -0.15) is 5.26 Å². The Morgan fingerprint density at radius 3 is 2.82 bits per heavy atom. The van der Waals surface area contributed by atoms with Gasteiger partial charge in [0.05, 0.1) is 17.8 Å². The summed E-state index contributed by atoms with van der Waals surface area (Å²) in [5, 5.41) is 14.3. The molecule has 0 heterocycles. The Balaban J connectivity index is 2.64. The topological polar surface area (TPSA) is 64.9 Å². The fourth-order valence-electron chi connectivity index (χ4n) is 1.31. The smallest absolute Gasteiger partial charge is 0.239 e. The first-order chi connectivity index (χ1) is 8.02. The average molecular weight is 235 g/mol. The maximum Gasteiger partial charge on any atom is 0.239 e. The highest BCUT2D eigenvalue weighted by Crippen LogP contribution is 2.15. The number of carbonyl (C=O) groups is 1. The Hall–Kier alpha value is -2.09. The van der Waals surface area contributed by atoms with Gasteiger partial charge in [0.2, 0.25) is 5.91 Å². The standard InChI is InChI=1S/C12H14FN3O/c1-8(2)16-12(17)7-15-11-4-3-10(13)5-9(11)6-14/h3-5,8,15H,7H2,1-2H3,(H,16,17). The lowest BCUT2D eigenvalue weighted by molar-refractivity contribution is -0.119. The number of rotatable bonds is 4. The van der Waals surface area contributed by atoms with Crippen molar-refractivity contribution in [1.29, 1.82) is 5.26 Å². The van der Waals surface area contributed by atoms with Crippen molar-refractivity contribution in [3.63, 3.8) is 0 Å². The normalized spacial score (nSPS) is 9.82. The summed E-state index contributed by atoms with van der Waals surface area (Å²) in [5.74, 6) is -0.646. The Morgan fingerprint density at radius 2 is 2.24 bits per heavy atom. The zero-order chi connectivity index (χ0) is 12.8. The Bertz CT molecular complexity index is 452. The lowest BCUT2D eigenvalue weighted by atomic mass is 10.2. The molecular weight excluding hydrogens is 221 g/mol. The minimum absolute atomic E-state index is 0.0541. The van der Waals surface area contributed by atoms with Gasteiger partial charge in [-0.15, -0.1) is 0 Å². The highest BCUT2D eigenvalue weighted by Gasteiger charge is 2.06. The summed E-state index contributed by atoms with van der Waals surface area (Å²) in [6.07, 6.45) is 0. The summed E-state index contributed by atoms with van der Waals surface area (Å²) in [6, 6.07) is 5.74. The van der Waals surface area contributed by atoms with Gasteiger partial charge in [0, 0.05) is 6.04 Å². The van der Waals surface area contributed by atoms with Crippen LogP contribution in [0.1, 0.15) is 19.4 Å². The first-order valence-corrected chi connectivity index (χ1v) is 5.26. The zero-order valence-electron chi connectivity index (χ0n) is 9.75. The number of amides is 1. The van der Waals surface area contributed by atoms with E-state index in [1.165, 1.54) is 12.1 Å². The summed E-state index contributed by atoms with van der Waals surface area (Å²) in [5.41, 5.74) is 0.634. The van der Waals surface area contributed by atoms with Crippen LogP contribution in [0.15, 0.2) is 18.2 Å². The van der Waals surface area contributed by atoms with E-state index in [0.717, 1.165) is 6.07 Å². The molecule has 1 aromatic rings. The second kappa shape index (κ2) is 5.85. The van der Waals surface area contributed by atoms with E-state index in [-0.39, 0.29) is 24.1 Å². The van der Waals surface area contributed by atoms with Gasteiger partial charge in [0.1, 0.15) is 11.9 Å². The van der Waals surface area contributed by atoms with Gasteiger partial charge in [-0.3, -0.25) is 4.79 Å². The van der Waals surface area contributed by atoms with Crippen molar-refractivity contribution in [2.75, 3.05) is 11.9 Å². The van der Waals surface area contributed by atoms with E-state index in [0.29, 0.717) is 5.69 Å². The van der Waals surface area contributed by atoms with Crippen molar-refractivity contribution >= 4 is 11.6 Å². The minimum Gasteiger partial charge on any atom is -0.375 e. The molecule has 90 valence electrons. The van der Waals surface area contributed by atoms with Crippen LogP contribution in [0, 0.1) is 17.1 Å². The molecule has 0 radical (unpaired) electrons. The van der Waals surface area contributed by atoms with Crippen LogP contribution in [0.5, 0.6) is 0 Å². The molecule has 0 aliphatic heterocycles. The summed E-state index contributed by atoms with van der Waals surface area (Å²) in [7, 11) is 0. The van der Waals surface area contributed by atoms with Gasteiger partial charge in [0.15, 0.2) is 0 Å². The van der Waals surface area contributed by atoms with Gasteiger partial charge in [-0.25, -0.2) is 4.39 Å². The lowest BCUT2D eigenvalue weighted by Crippen LogP contribution is -2.34. The quantitative estimate of drug-likeness (QED) is 0.833. The van der Waals surface area contributed by atoms with Crippen molar-refractivity contribution in [3.8, 4) is 6.07 Å². The van der Waals surface area contributed by atoms with Gasteiger partial charge in [-0.1, -0.05) is 0 Å². The van der Waals surface area contributed by atoms with Crippen molar-refractivity contribution in [1.82, 2.24) is 5.32 Å². The third-order valence-electron chi connectivity index (χ3n) is 1.99. The molecule has 0 aliphatic rings. The molecule has 0 saturated carbocycles. The molecule has 4 nitrogen and oxygen atoms in total. The largest absolute Gasteiger partial charge is 0.375 e. The number of nitriles is 1. The number of hydrogen-bond acceptors (Lipinski definition) is 3. The molecule has 1 rings (SSSR count). The van der Waals surface area contributed by atoms with Gasteiger partial charge in [0.25, 0.3) is 0 Å². The molecule has 0 aliphatic carbocycles. The zero-order valence-corrected chi connectivity index (χ0v) is 9.75. The first-order valence-electron chi connectivity index (χ1n) is 5.26. The van der Waals surface area contributed by atoms with E-state index < -0.39 is 5.82 Å². The van der Waals surface area contributed by atoms with Crippen LogP contribution < -0.4 is 10.6 Å². The number of anilines is 1. The van der Waals surface area contributed by atoms with Crippen LogP contribution in [0.2, 0.25) is 0 Å². The summed E-state index contributed by atoms with van der Waals surface area (Å²) in [4.78, 5) is 11.4. The fraction of sp³-hybridized carbons (Fsp3) is 0.333. The second-order valence-corrected chi connectivity index (χ2v) is 3.88. The monoisotopic (exact) mass is 235 g/mol. The molecule has 0 aromatic heterocycles. The average Bonchev–Trinajstić information content (AvgIpc) is 2.26. The highest BCUT2D eigenvalue weighted by molar-refractivity contribution is 5.81. The molecule has 1 aromatic carbocycles. The Labute approximate surface area is 99.4 Å². The maximum atomic E-state index is 12.8. The molecule has 2 N–H and O–H groups in total. The highest BCUT2D eigenvalue weighted by atomic mass is 19.1. The van der Waals surface area contributed by atoms with Crippen LogP contribution >= 0.6 is 0 Å². The van der Waals surface area contributed by atoms with Crippen LogP contribution in [0.25, 0.3) is 0 Å². The van der Waals surface area contributed by atoms with Crippen molar-refractivity contribution in [3.05, 3.63) is 29.6 Å². The van der Waals surface area contributed by atoms with Gasteiger partial charge in [-0.05, 0) is 32.0 Å². The van der Waals surface area contributed by atoms with Gasteiger partial charge < -0.3 is 10.6 Å². The van der Waals surface area contributed by atoms with E-state index in [2.05, 4.69) is 10.6 Å². The van der Waals surface area contributed by atoms with E-state index in [1.54, 1.807) is 0 Å². The van der Waals surface area contributed by atoms with Crippen LogP contribution in [0.3, 0.4) is 0 Å². The Kier molecular flexibility index (Phi) is 4.46. The number of nitrogens with one attached hydrogen (secondary N) is 2. The summed E-state index contributed by atoms with van der Waals surface area (Å²) in [6.45, 7) is 3.77. The number of halogens is 1. The number of hydrogen-bond donors (Lipinski definition) is 2. The molecule has 0 spiro atoms. The van der Waals surface area contributed by atoms with Crippen LogP contribution in [-0.2, 0) is 4.79 Å². The molecule has 17 heavy (non-hydrogen) atoms. The number of carbonyl (C=O) groups excluding carboxylic acids is 1. The summed E-state index contributed by atoms with van der Waals surface area (Å²) >= 11 is 0. The minimum atomic E-state index is -0.473. The van der Waals surface area contributed by atoms with Crippen LogP contribution in [0.4, 0.5) is 10.1 Å². The molecule has 0 unspecified atom stereocenters.